The van der Waals surface area contributed by atoms with Crippen molar-refractivity contribution in [1.29, 1.82) is 0 Å². The van der Waals surface area contributed by atoms with Crippen molar-refractivity contribution in [3.05, 3.63) is 65.2 Å². The highest BCUT2D eigenvalue weighted by Crippen LogP contribution is 2.28. The summed E-state index contributed by atoms with van der Waals surface area (Å²) in [4.78, 5) is 12.2. The average Bonchev–Trinajstić information content (AvgIpc) is 2.90. The van der Waals surface area contributed by atoms with Gasteiger partial charge in [-0.2, -0.15) is 0 Å². The van der Waals surface area contributed by atoms with E-state index in [1.165, 1.54) is 5.56 Å². The van der Waals surface area contributed by atoms with E-state index in [4.69, 9.17) is 4.74 Å². The molecule has 0 fully saturated rings. The van der Waals surface area contributed by atoms with Crippen LogP contribution in [-0.4, -0.2) is 12.0 Å². The Bertz CT molecular complexity index is 611. The van der Waals surface area contributed by atoms with Crippen molar-refractivity contribution in [2.75, 3.05) is 0 Å². The molecule has 3 rings (SSSR count). The lowest BCUT2D eigenvalue weighted by Crippen LogP contribution is -2.37. The zero-order valence-electron chi connectivity index (χ0n) is 11.4. The van der Waals surface area contributed by atoms with Crippen LogP contribution >= 0.6 is 0 Å². The molecule has 2 aromatic carbocycles. The standard InChI is InChI=1S/C17H17NO2/c1-12-6-2-3-8-14(12)11-18-17(19)16-10-13-7-4-5-9-15(13)20-16/h2-9,16H,10-11H2,1H3,(H,18,19)/t16-/m1/s1. The minimum absolute atomic E-state index is 0.0514. The van der Waals surface area contributed by atoms with E-state index in [0.717, 1.165) is 16.9 Å². The number of hydrogen-bond donors (Lipinski definition) is 1. The molecule has 1 N–H and O–H groups in total. The van der Waals surface area contributed by atoms with Crippen molar-refractivity contribution in [2.45, 2.75) is 26.0 Å². The first kappa shape index (κ1) is 12.7. The fourth-order valence-electron chi connectivity index (χ4n) is 2.43. The minimum Gasteiger partial charge on any atom is -0.480 e. The lowest BCUT2D eigenvalue weighted by Gasteiger charge is -2.12. The predicted molar refractivity (Wildman–Crippen MR) is 77.6 cm³/mol. The van der Waals surface area contributed by atoms with Crippen LogP contribution in [0.3, 0.4) is 0 Å². The molecule has 1 heterocycles. The zero-order chi connectivity index (χ0) is 13.9. The third-order valence-corrected chi connectivity index (χ3v) is 3.65. The lowest BCUT2D eigenvalue weighted by molar-refractivity contribution is -0.127. The van der Waals surface area contributed by atoms with Crippen LogP contribution in [0, 0.1) is 6.92 Å². The van der Waals surface area contributed by atoms with E-state index < -0.39 is 6.10 Å². The summed E-state index contributed by atoms with van der Waals surface area (Å²) >= 11 is 0. The molecule has 0 unspecified atom stereocenters. The van der Waals surface area contributed by atoms with Crippen LogP contribution in [0.2, 0.25) is 0 Å². The monoisotopic (exact) mass is 267 g/mol. The van der Waals surface area contributed by atoms with E-state index in [1.54, 1.807) is 0 Å². The highest BCUT2D eigenvalue weighted by atomic mass is 16.5. The first-order valence-corrected chi connectivity index (χ1v) is 6.81. The maximum absolute atomic E-state index is 12.2. The highest BCUT2D eigenvalue weighted by molar-refractivity contribution is 5.82. The van der Waals surface area contributed by atoms with Crippen LogP contribution in [0.4, 0.5) is 0 Å². The Hall–Kier alpha value is -2.29. The van der Waals surface area contributed by atoms with Crippen LogP contribution in [0.5, 0.6) is 5.75 Å². The Morgan fingerprint density at radius 3 is 2.75 bits per heavy atom. The normalized spacial score (nSPS) is 16.4. The number of nitrogens with one attached hydrogen (secondary N) is 1. The number of hydrogen-bond acceptors (Lipinski definition) is 2. The minimum atomic E-state index is -0.406. The van der Waals surface area contributed by atoms with E-state index >= 15 is 0 Å². The van der Waals surface area contributed by atoms with Crippen LogP contribution in [0.15, 0.2) is 48.5 Å². The van der Waals surface area contributed by atoms with E-state index in [-0.39, 0.29) is 5.91 Å². The number of benzene rings is 2. The van der Waals surface area contributed by atoms with E-state index in [0.29, 0.717) is 13.0 Å². The number of carbonyl (C=O) groups is 1. The topological polar surface area (TPSA) is 38.3 Å². The Kier molecular flexibility index (Phi) is 3.42. The zero-order valence-corrected chi connectivity index (χ0v) is 11.4. The number of amides is 1. The molecular formula is C17H17NO2. The predicted octanol–water partition coefficient (Wildman–Crippen LogP) is 2.61. The van der Waals surface area contributed by atoms with Crippen molar-refractivity contribution >= 4 is 5.91 Å². The Morgan fingerprint density at radius 2 is 1.95 bits per heavy atom. The van der Waals surface area contributed by atoms with Crippen molar-refractivity contribution in [2.24, 2.45) is 0 Å². The first-order valence-electron chi connectivity index (χ1n) is 6.81. The summed E-state index contributed by atoms with van der Waals surface area (Å²) in [6, 6.07) is 15.9. The fraction of sp³-hybridized carbons (Fsp3) is 0.235. The Morgan fingerprint density at radius 1 is 1.20 bits per heavy atom. The van der Waals surface area contributed by atoms with Gasteiger partial charge in [0.1, 0.15) is 5.75 Å². The highest BCUT2D eigenvalue weighted by Gasteiger charge is 2.28. The number of ether oxygens (including phenoxy) is 1. The summed E-state index contributed by atoms with van der Waals surface area (Å²) in [7, 11) is 0. The molecule has 1 aliphatic heterocycles. The first-order chi connectivity index (χ1) is 9.74. The van der Waals surface area contributed by atoms with Gasteiger partial charge in [-0.05, 0) is 29.7 Å². The maximum Gasteiger partial charge on any atom is 0.261 e. The molecule has 1 aliphatic rings. The van der Waals surface area contributed by atoms with Crippen molar-refractivity contribution in [1.82, 2.24) is 5.32 Å². The molecule has 2 aromatic rings. The molecule has 102 valence electrons. The number of para-hydroxylation sites is 1. The van der Waals surface area contributed by atoms with Gasteiger partial charge in [0.25, 0.3) is 5.91 Å². The number of carbonyl (C=O) groups excluding carboxylic acids is 1. The van der Waals surface area contributed by atoms with Gasteiger partial charge in [-0.15, -0.1) is 0 Å². The van der Waals surface area contributed by atoms with Gasteiger partial charge < -0.3 is 10.1 Å². The lowest BCUT2D eigenvalue weighted by atomic mass is 10.1. The largest absolute Gasteiger partial charge is 0.480 e. The molecule has 0 saturated carbocycles. The van der Waals surface area contributed by atoms with Crippen LogP contribution in [0.1, 0.15) is 16.7 Å². The van der Waals surface area contributed by atoms with E-state index in [9.17, 15) is 4.79 Å². The molecule has 3 heteroatoms. The Labute approximate surface area is 118 Å². The smallest absolute Gasteiger partial charge is 0.261 e. The number of rotatable bonds is 3. The molecule has 0 bridgehead atoms. The van der Waals surface area contributed by atoms with Crippen LogP contribution in [0.25, 0.3) is 0 Å². The van der Waals surface area contributed by atoms with Crippen molar-refractivity contribution in [3.63, 3.8) is 0 Å². The molecule has 20 heavy (non-hydrogen) atoms. The maximum atomic E-state index is 12.2. The van der Waals surface area contributed by atoms with Crippen molar-refractivity contribution in [3.8, 4) is 5.75 Å². The Balaban J connectivity index is 1.61. The van der Waals surface area contributed by atoms with Gasteiger partial charge >= 0.3 is 0 Å². The molecule has 0 aliphatic carbocycles. The van der Waals surface area contributed by atoms with Gasteiger partial charge in [-0.1, -0.05) is 42.5 Å². The van der Waals surface area contributed by atoms with Crippen molar-refractivity contribution < 1.29 is 9.53 Å². The third kappa shape index (κ3) is 2.52. The number of fused-ring (bicyclic) bond motifs is 1. The second kappa shape index (κ2) is 5.37. The molecule has 0 aromatic heterocycles. The van der Waals surface area contributed by atoms with Crippen LogP contribution in [-0.2, 0) is 17.8 Å². The van der Waals surface area contributed by atoms with Gasteiger partial charge in [-0.25, -0.2) is 0 Å². The van der Waals surface area contributed by atoms with Gasteiger partial charge in [0.2, 0.25) is 0 Å². The summed E-state index contributed by atoms with van der Waals surface area (Å²) in [5.74, 6) is 0.771. The summed E-state index contributed by atoms with van der Waals surface area (Å²) in [6.45, 7) is 2.59. The summed E-state index contributed by atoms with van der Waals surface area (Å²) < 4.78 is 5.68. The molecule has 1 amide bonds. The van der Waals surface area contributed by atoms with Crippen LogP contribution < -0.4 is 10.1 Å². The molecular weight excluding hydrogens is 250 g/mol. The van der Waals surface area contributed by atoms with Gasteiger partial charge in [0.15, 0.2) is 6.10 Å². The van der Waals surface area contributed by atoms with E-state index in [2.05, 4.69) is 5.32 Å². The third-order valence-electron chi connectivity index (χ3n) is 3.65. The molecule has 0 radical (unpaired) electrons. The fourth-order valence-corrected chi connectivity index (χ4v) is 2.43. The average molecular weight is 267 g/mol. The quantitative estimate of drug-likeness (QED) is 0.928. The molecule has 1 atom stereocenters. The summed E-state index contributed by atoms with van der Waals surface area (Å²) in [5.41, 5.74) is 3.42. The SMILES string of the molecule is Cc1ccccc1CNC(=O)[C@H]1Cc2ccccc2O1. The summed E-state index contributed by atoms with van der Waals surface area (Å²) in [6.07, 6.45) is 0.242. The molecule has 0 spiro atoms. The second-order valence-corrected chi connectivity index (χ2v) is 5.06. The molecule has 0 saturated heterocycles. The second-order valence-electron chi connectivity index (χ2n) is 5.06. The van der Waals surface area contributed by atoms with Gasteiger partial charge in [0, 0.05) is 13.0 Å². The van der Waals surface area contributed by atoms with Gasteiger partial charge in [0.05, 0.1) is 0 Å². The molecule has 3 nitrogen and oxygen atoms in total. The van der Waals surface area contributed by atoms with Gasteiger partial charge in [-0.3, -0.25) is 4.79 Å². The van der Waals surface area contributed by atoms with E-state index in [1.807, 2.05) is 55.5 Å². The number of aryl methyl sites for hydroxylation is 1. The summed E-state index contributed by atoms with van der Waals surface area (Å²) in [5, 5.41) is 2.95.